The number of hydrogen-bond donors (Lipinski definition) is 1. The number of halogens is 1. The zero-order valence-corrected chi connectivity index (χ0v) is 19.2. The van der Waals surface area contributed by atoms with E-state index in [1.165, 1.54) is 11.0 Å². The number of carbonyl (C=O) groups is 3. The molecule has 3 aromatic carbocycles. The lowest BCUT2D eigenvalue weighted by Gasteiger charge is -2.31. The van der Waals surface area contributed by atoms with E-state index in [9.17, 15) is 14.4 Å². The summed E-state index contributed by atoms with van der Waals surface area (Å²) >= 11 is 6.28. The number of benzene rings is 3. The molecule has 1 heterocycles. The molecule has 1 saturated carbocycles. The highest BCUT2D eigenvalue weighted by Crippen LogP contribution is 2.33. The molecule has 1 aliphatic carbocycles. The predicted octanol–water partition coefficient (Wildman–Crippen LogP) is 5.48. The van der Waals surface area contributed by atoms with E-state index in [1.807, 2.05) is 54.6 Å². The Morgan fingerprint density at radius 2 is 1.71 bits per heavy atom. The van der Waals surface area contributed by atoms with Crippen molar-refractivity contribution in [3.63, 3.8) is 0 Å². The minimum atomic E-state index is -0.700. The molecule has 2 aliphatic rings. The molecule has 34 heavy (non-hydrogen) atoms. The zero-order valence-electron chi connectivity index (χ0n) is 18.4. The molecule has 172 valence electrons. The summed E-state index contributed by atoms with van der Waals surface area (Å²) in [6.45, 7) is 0.223. The summed E-state index contributed by atoms with van der Waals surface area (Å²) in [6.07, 6.45) is 4.95. The lowest BCUT2D eigenvalue weighted by molar-refractivity contribution is -0.131. The van der Waals surface area contributed by atoms with Crippen LogP contribution in [0.5, 0.6) is 5.75 Å². The number of urea groups is 1. The molecule has 1 aliphatic heterocycles. The van der Waals surface area contributed by atoms with Crippen LogP contribution in [-0.2, 0) is 16.2 Å². The highest BCUT2D eigenvalue weighted by Gasteiger charge is 2.40. The van der Waals surface area contributed by atoms with Crippen molar-refractivity contribution in [1.29, 1.82) is 0 Å². The van der Waals surface area contributed by atoms with Crippen molar-refractivity contribution in [2.75, 3.05) is 0 Å². The number of hydrogen-bond acceptors (Lipinski definition) is 4. The molecule has 0 radical (unpaired) electrons. The van der Waals surface area contributed by atoms with Crippen LogP contribution in [0.2, 0.25) is 5.02 Å². The van der Waals surface area contributed by atoms with Crippen LogP contribution in [0.4, 0.5) is 4.79 Å². The van der Waals surface area contributed by atoms with Crippen molar-refractivity contribution in [2.45, 2.75) is 38.3 Å². The number of barbiturate groups is 1. The van der Waals surface area contributed by atoms with Crippen LogP contribution in [0, 0.1) is 0 Å². The van der Waals surface area contributed by atoms with Gasteiger partial charge in [-0.3, -0.25) is 19.8 Å². The van der Waals surface area contributed by atoms with Crippen LogP contribution < -0.4 is 10.1 Å². The van der Waals surface area contributed by atoms with Gasteiger partial charge in [-0.2, -0.15) is 0 Å². The first-order chi connectivity index (χ1) is 16.5. The van der Waals surface area contributed by atoms with E-state index >= 15 is 0 Å². The van der Waals surface area contributed by atoms with Gasteiger partial charge in [0, 0.05) is 22.2 Å². The van der Waals surface area contributed by atoms with E-state index in [2.05, 4.69) is 5.32 Å². The van der Waals surface area contributed by atoms with Gasteiger partial charge in [-0.1, -0.05) is 73.0 Å². The Balaban J connectivity index is 1.56. The molecule has 7 heteroatoms. The number of fused-ring (bicyclic) bond motifs is 1. The number of imide groups is 2. The number of ether oxygens (including phenoxy) is 1. The van der Waals surface area contributed by atoms with Gasteiger partial charge in [0.2, 0.25) is 0 Å². The number of carbonyl (C=O) groups excluding carboxylic acids is 3. The van der Waals surface area contributed by atoms with E-state index in [0.717, 1.165) is 42.0 Å². The van der Waals surface area contributed by atoms with Crippen molar-refractivity contribution in [3.05, 3.63) is 82.4 Å². The fourth-order valence-electron chi connectivity index (χ4n) is 4.63. The van der Waals surface area contributed by atoms with Crippen molar-refractivity contribution >= 4 is 46.3 Å². The zero-order chi connectivity index (χ0) is 23.7. The van der Waals surface area contributed by atoms with Gasteiger partial charge in [-0.15, -0.1) is 0 Å². The van der Waals surface area contributed by atoms with Crippen LogP contribution >= 0.6 is 11.6 Å². The molecule has 3 aromatic rings. The first-order valence-electron chi connectivity index (χ1n) is 11.3. The van der Waals surface area contributed by atoms with E-state index in [0.29, 0.717) is 16.3 Å². The first-order valence-corrected chi connectivity index (χ1v) is 11.7. The Hall–Kier alpha value is -3.64. The summed E-state index contributed by atoms with van der Waals surface area (Å²) in [5.74, 6) is -0.754. The summed E-state index contributed by atoms with van der Waals surface area (Å²) in [4.78, 5) is 39.8. The minimum absolute atomic E-state index is 0.0783. The third-order valence-corrected chi connectivity index (χ3v) is 6.75. The summed E-state index contributed by atoms with van der Waals surface area (Å²) in [5.41, 5.74) is 1.34. The highest BCUT2D eigenvalue weighted by molar-refractivity contribution is 6.32. The van der Waals surface area contributed by atoms with E-state index in [-0.39, 0.29) is 18.2 Å². The molecule has 2 fully saturated rings. The molecule has 4 amide bonds. The summed E-state index contributed by atoms with van der Waals surface area (Å²) in [5, 5.41) is 4.70. The second-order valence-electron chi connectivity index (χ2n) is 8.51. The fourth-order valence-corrected chi connectivity index (χ4v) is 4.82. The van der Waals surface area contributed by atoms with Gasteiger partial charge >= 0.3 is 6.03 Å². The monoisotopic (exact) mass is 474 g/mol. The SMILES string of the molecule is O=C1NC(=O)N(C2CCCC2)C(=O)/C1=C/c1c(OCc2ccccc2Cl)ccc2ccccc12. The second kappa shape index (κ2) is 9.31. The van der Waals surface area contributed by atoms with Crippen LogP contribution in [-0.4, -0.2) is 28.8 Å². The molecule has 0 aromatic heterocycles. The van der Waals surface area contributed by atoms with Gasteiger partial charge in [0.1, 0.15) is 17.9 Å². The molecule has 1 saturated heterocycles. The average molecular weight is 475 g/mol. The molecular formula is C27H23ClN2O4. The lowest BCUT2D eigenvalue weighted by atomic mass is 9.99. The number of rotatable bonds is 5. The second-order valence-corrected chi connectivity index (χ2v) is 8.92. The third kappa shape index (κ3) is 4.17. The molecule has 0 spiro atoms. The van der Waals surface area contributed by atoms with E-state index in [1.54, 1.807) is 6.07 Å². The minimum Gasteiger partial charge on any atom is -0.488 e. The maximum atomic E-state index is 13.3. The van der Waals surface area contributed by atoms with Crippen LogP contribution in [0.15, 0.2) is 66.2 Å². The maximum Gasteiger partial charge on any atom is 0.331 e. The number of amides is 4. The van der Waals surface area contributed by atoms with Crippen LogP contribution in [0.3, 0.4) is 0 Å². The van der Waals surface area contributed by atoms with Gasteiger partial charge in [-0.05, 0) is 41.8 Å². The van der Waals surface area contributed by atoms with Crippen molar-refractivity contribution < 1.29 is 19.1 Å². The molecule has 0 atom stereocenters. The average Bonchev–Trinajstić information content (AvgIpc) is 3.36. The van der Waals surface area contributed by atoms with Gasteiger partial charge in [0.15, 0.2) is 0 Å². The normalized spacial score (nSPS) is 18.1. The Labute approximate surface area is 202 Å². The van der Waals surface area contributed by atoms with Crippen LogP contribution in [0.1, 0.15) is 36.8 Å². The Kier molecular flexibility index (Phi) is 6.07. The largest absolute Gasteiger partial charge is 0.488 e. The molecular weight excluding hydrogens is 452 g/mol. The van der Waals surface area contributed by atoms with Gasteiger partial charge in [0.05, 0.1) is 0 Å². The van der Waals surface area contributed by atoms with Crippen molar-refractivity contribution in [3.8, 4) is 5.75 Å². The quantitative estimate of drug-likeness (QED) is 0.392. The molecule has 0 bridgehead atoms. The standard InChI is InChI=1S/C27H23ClN2O4/c28-23-12-6-2-8-18(23)16-34-24-14-13-17-7-1-5-11-20(17)21(24)15-22-25(31)29-27(33)30(26(22)32)19-9-3-4-10-19/h1-2,5-8,11-15,19H,3-4,9-10,16H2,(H,29,31,33)/b22-15+. The summed E-state index contributed by atoms with van der Waals surface area (Å²) in [6, 6.07) is 18.0. The molecule has 5 rings (SSSR count). The highest BCUT2D eigenvalue weighted by atomic mass is 35.5. The smallest absolute Gasteiger partial charge is 0.331 e. The Morgan fingerprint density at radius 3 is 2.50 bits per heavy atom. The molecule has 6 nitrogen and oxygen atoms in total. The maximum absolute atomic E-state index is 13.3. The lowest BCUT2D eigenvalue weighted by Crippen LogP contribution is -2.57. The van der Waals surface area contributed by atoms with Gasteiger partial charge < -0.3 is 4.74 Å². The van der Waals surface area contributed by atoms with Crippen molar-refractivity contribution in [1.82, 2.24) is 10.2 Å². The van der Waals surface area contributed by atoms with Crippen molar-refractivity contribution in [2.24, 2.45) is 0 Å². The molecule has 1 N–H and O–H groups in total. The predicted molar refractivity (Wildman–Crippen MR) is 130 cm³/mol. The summed E-state index contributed by atoms with van der Waals surface area (Å²) < 4.78 is 6.12. The number of nitrogens with one attached hydrogen (secondary N) is 1. The van der Waals surface area contributed by atoms with Crippen LogP contribution in [0.25, 0.3) is 16.8 Å². The Bertz CT molecular complexity index is 1330. The Morgan fingerprint density at radius 1 is 0.971 bits per heavy atom. The fraction of sp³-hybridized carbons (Fsp3) is 0.222. The first kappa shape index (κ1) is 22.2. The number of nitrogens with zero attached hydrogens (tertiary/aromatic N) is 1. The molecule has 0 unspecified atom stereocenters. The third-order valence-electron chi connectivity index (χ3n) is 6.38. The van der Waals surface area contributed by atoms with Gasteiger partial charge in [0.25, 0.3) is 11.8 Å². The van der Waals surface area contributed by atoms with E-state index < -0.39 is 17.8 Å². The summed E-state index contributed by atoms with van der Waals surface area (Å²) in [7, 11) is 0. The topological polar surface area (TPSA) is 75.7 Å². The van der Waals surface area contributed by atoms with E-state index in [4.69, 9.17) is 16.3 Å². The van der Waals surface area contributed by atoms with Gasteiger partial charge in [-0.25, -0.2) is 4.79 Å².